The van der Waals surface area contributed by atoms with Gasteiger partial charge in [-0.1, -0.05) is 107 Å². The van der Waals surface area contributed by atoms with Gasteiger partial charge >= 0.3 is 0 Å². The molecule has 0 aliphatic carbocycles. The molecule has 0 saturated heterocycles. The Hall–Kier alpha value is -5.92. The summed E-state index contributed by atoms with van der Waals surface area (Å²) < 4.78 is 12.8. The van der Waals surface area contributed by atoms with E-state index in [1.807, 2.05) is 46.9 Å². The van der Waals surface area contributed by atoms with Crippen LogP contribution in [-0.2, 0) is 0 Å². The Balaban J connectivity index is 1.27. The van der Waals surface area contributed by atoms with Crippen LogP contribution in [0.4, 0.5) is 34.1 Å². The van der Waals surface area contributed by atoms with E-state index in [2.05, 4.69) is 190 Å². The number of ether oxygens (including phenoxy) is 1. The molecule has 10 aromatic rings. The van der Waals surface area contributed by atoms with Crippen molar-refractivity contribution in [3.8, 4) is 11.5 Å². The van der Waals surface area contributed by atoms with Crippen LogP contribution in [0.5, 0.6) is 11.5 Å². The summed E-state index contributed by atoms with van der Waals surface area (Å²) in [5.41, 5.74) is 6.30. The normalized spacial score (nSPS) is 11.4. The summed E-state index contributed by atoms with van der Waals surface area (Å²) in [5.74, 6) is 1.48. The molecule has 6 heteroatoms. The van der Waals surface area contributed by atoms with E-state index in [1.54, 1.807) is 0 Å². The molecule has 0 bridgehead atoms. The fourth-order valence-corrected chi connectivity index (χ4v) is 10.1. The molecule has 10 rings (SSSR count). The highest BCUT2D eigenvalue weighted by molar-refractivity contribution is 9.10. The van der Waals surface area contributed by atoms with Crippen molar-refractivity contribution < 1.29 is 4.74 Å². The van der Waals surface area contributed by atoms with Crippen LogP contribution in [0.1, 0.15) is 0 Å². The van der Waals surface area contributed by atoms with Gasteiger partial charge in [0.15, 0.2) is 0 Å². The summed E-state index contributed by atoms with van der Waals surface area (Å²) in [4.78, 5) is 4.75. The van der Waals surface area contributed by atoms with Crippen LogP contribution in [0.25, 0.3) is 40.3 Å². The number of fused-ring (bicyclic) bond motifs is 6. The number of nitrogens with zero attached hydrogens (tertiary/aromatic N) is 2. The van der Waals surface area contributed by atoms with Crippen LogP contribution < -0.4 is 14.5 Å². The molecule has 0 spiro atoms. The SMILES string of the molecule is Brc1cccc(Oc2cc(N(c3ccccc3)c3cccc4sc5ccccc5c34)cc(N(c3ccccc3)c3cccc4sc5ccccc5c34)c2)c1. The molecule has 0 atom stereocenters. The zero-order chi connectivity index (χ0) is 36.0. The van der Waals surface area contributed by atoms with Gasteiger partial charge < -0.3 is 14.5 Å². The highest BCUT2D eigenvalue weighted by Gasteiger charge is 2.24. The van der Waals surface area contributed by atoms with Gasteiger partial charge in [0.25, 0.3) is 0 Å². The average molecular weight is 796 g/mol. The summed E-state index contributed by atoms with van der Waals surface area (Å²) in [5, 5.41) is 4.96. The predicted octanol–water partition coefficient (Wildman–Crippen LogP) is 15.9. The molecule has 258 valence electrons. The quantitative estimate of drug-likeness (QED) is 0.152. The lowest BCUT2D eigenvalue weighted by atomic mass is 10.1. The Bertz CT molecular complexity index is 2780. The summed E-state index contributed by atoms with van der Waals surface area (Å²) >= 11 is 7.32. The van der Waals surface area contributed by atoms with E-state index in [0.29, 0.717) is 0 Å². The van der Waals surface area contributed by atoms with Crippen LogP contribution in [0, 0.1) is 0 Å². The van der Waals surface area contributed by atoms with Gasteiger partial charge in [0.2, 0.25) is 0 Å². The number of para-hydroxylation sites is 2. The second-order valence-electron chi connectivity index (χ2n) is 13.1. The number of rotatable bonds is 8. The fraction of sp³-hybridized carbons (Fsp3) is 0. The molecule has 2 aromatic heterocycles. The van der Waals surface area contributed by atoms with Crippen molar-refractivity contribution in [1.82, 2.24) is 0 Å². The topological polar surface area (TPSA) is 15.7 Å². The van der Waals surface area contributed by atoms with E-state index in [9.17, 15) is 0 Å². The van der Waals surface area contributed by atoms with E-state index in [1.165, 1.54) is 40.3 Å². The zero-order valence-corrected chi connectivity index (χ0v) is 32.1. The molecule has 8 aromatic carbocycles. The van der Waals surface area contributed by atoms with Gasteiger partial charge in [-0.25, -0.2) is 0 Å². The molecule has 0 fully saturated rings. The van der Waals surface area contributed by atoms with Gasteiger partial charge in [0.1, 0.15) is 11.5 Å². The molecule has 0 N–H and O–H groups in total. The molecule has 0 aliphatic rings. The number of hydrogen-bond acceptors (Lipinski definition) is 5. The minimum Gasteiger partial charge on any atom is -0.457 e. The third-order valence-electron chi connectivity index (χ3n) is 9.70. The first kappa shape index (κ1) is 32.7. The Morgan fingerprint density at radius 3 is 1.35 bits per heavy atom. The van der Waals surface area contributed by atoms with Crippen molar-refractivity contribution >= 4 is 113 Å². The van der Waals surface area contributed by atoms with E-state index < -0.39 is 0 Å². The largest absolute Gasteiger partial charge is 0.457 e. The molecule has 0 aliphatic heterocycles. The number of thiophene rings is 2. The van der Waals surface area contributed by atoms with Crippen LogP contribution in [0.3, 0.4) is 0 Å². The lowest BCUT2D eigenvalue weighted by Gasteiger charge is -2.31. The van der Waals surface area contributed by atoms with Crippen molar-refractivity contribution in [2.45, 2.75) is 0 Å². The molecule has 0 radical (unpaired) electrons. The van der Waals surface area contributed by atoms with Gasteiger partial charge in [0, 0.05) is 68.3 Å². The summed E-state index contributed by atoms with van der Waals surface area (Å²) in [6.45, 7) is 0. The van der Waals surface area contributed by atoms with Crippen molar-refractivity contribution in [2.75, 3.05) is 9.80 Å². The summed E-state index contributed by atoms with van der Waals surface area (Å²) in [6.07, 6.45) is 0. The molecule has 2 heterocycles. The van der Waals surface area contributed by atoms with Crippen LogP contribution in [-0.4, -0.2) is 0 Å². The van der Waals surface area contributed by atoms with Gasteiger partial charge in [-0.2, -0.15) is 0 Å². The van der Waals surface area contributed by atoms with Crippen molar-refractivity contribution in [1.29, 1.82) is 0 Å². The van der Waals surface area contributed by atoms with Crippen molar-refractivity contribution in [3.05, 3.63) is 193 Å². The third kappa shape index (κ3) is 5.89. The van der Waals surface area contributed by atoms with Crippen molar-refractivity contribution in [2.24, 2.45) is 0 Å². The summed E-state index contributed by atoms with van der Waals surface area (Å²) in [6, 6.07) is 66.6. The maximum atomic E-state index is 6.79. The highest BCUT2D eigenvalue weighted by atomic mass is 79.9. The third-order valence-corrected chi connectivity index (χ3v) is 12.5. The first-order valence-corrected chi connectivity index (χ1v) is 20.2. The van der Waals surface area contributed by atoms with E-state index >= 15 is 0 Å². The van der Waals surface area contributed by atoms with E-state index in [4.69, 9.17) is 4.74 Å². The maximum absolute atomic E-state index is 6.79. The molecule has 0 unspecified atom stereocenters. The molecule has 3 nitrogen and oxygen atoms in total. The van der Waals surface area contributed by atoms with Crippen LogP contribution >= 0.6 is 38.6 Å². The van der Waals surface area contributed by atoms with E-state index in [-0.39, 0.29) is 0 Å². The monoisotopic (exact) mass is 794 g/mol. The lowest BCUT2D eigenvalue weighted by molar-refractivity contribution is 0.482. The molecular weight excluding hydrogens is 765 g/mol. The van der Waals surface area contributed by atoms with Gasteiger partial charge in [0.05, 0.1) is 22.7 Å². The predicted molar refractivity (Wildman–Crippen MR) is 236 cm³/mol. The standard InChI is InChI=1S/C48H31BrN2OS2/c49-32-14-11-19-37(28-32)52-38-30-35(50(33-15-3-1-4-16-33)41-22-12-26-45-47(41)39-20-7-9-24-43(39)53-45)29-36(31-38)51(34-17-5-2-6-18-34)42-23-13-27-46-48(42)40-21-8-10-25-44(40)54-46/h1-31H. The maximum Gasteiger partial charge on any atom is 0.131 e. The Labute approximate surface area is 329 Å². The highest BCUT2D eigenvalue weighted by Crippen LogP contribution is 2.49. The second kappa shape index (κ2) is 13.8. The Morgan fingerprint density at radius 1 is 0.370 bits per heavy atom. The molecule has 0 amide bonds. The zero-order valence-electron chi connectivity index (χ0n) is 28.9. The smallest absolute Gasteiger partial charge is 0.131 e. The van der Waals surface area contributed by atoms with Gasteiger partial charge in [-0.3, -0.25) is 0 Å². The first-order chi connectivity index (χ1) is 26.7. The Morgan fingerprint density at radius 2 is 0.833 bits per heavy atom. The second-order valence-corrected chi connectivity index (χ2v) is 16.2. The number of halogens is 1. The minimum atomic E-state index is 0.729. The molecule has 54 heavy (non-hydrogen) atoms. The molecule has 0 saturated carbocycles. The van der Waals surface area contributed by atoms with Crippen LogP contribution in [0.15, 0.2) is 193 Å². The molecular formula is C48H31BrN2OS2. The lowest BCUT2D eigenvalue weighted by Crippen LogP contribution is -2.14. The van der Waals surface area contributed by atoms with Crippen molar-refractivity contribution in [3.63, 3.8) is 0 Å². The Kier molecular flexibility index (Phi) is 8.37. The minimum absolute atomic E-state index is 0.729. The van der Waals surface area contributed by atoms with Gasteiger partial charge in [-0.05, 0) is 84.9 Å². The van der Waals surface area contributed by atoms with E-state index in [0.717, 1.165) is 50.1 Å². The number of benzene rings is 8. The average Bonchev–Trinajstić information content (AvgIpc) is 3.79. The first-order valence-electron chi connectivity index (χ1n) is 17.8. The van der Waals surface area contributed by atoms with Crippen LogP contribution in [0.2, 0.25) is 0 Å². The van der Waals surface area contributed by atoms with Gasteiger partial charge in [-0.15, -0.1) is 22.7 Å². The fourth-order valence-electron chi connectivity index (χ4n) is 7.44. The number of hydrogen-bond donors (Lipinski definition) is 0. The number of anilines is 6. The summed E-state index contributed by atoms with van der Waals surface area (Å²) in [7, 11) is 0.